The third-order valence-electron chi connectivity index (χ3n) is 4.10. The average Bonchev–Trinajstić information content (AvgIpc) is 2.67. The van der Waals surface area contributed by atoms with Gasteiger partial charge in [0.2, 0.25) is 0 Å². The summed E-state index contributed by atoms with van der Waals surface area (Å²) in [7, 11) is 0. The standard InChI is InChI=1S/C20H25N3O/c1-2-16-24-20-10-8-18(9-11-20)17-21-23-14-12-22(13-15-23)19-6-4-3-5-7-19/h3-11,17H,2,12-16H2,1H3/b21-17+. The van der Waals surface area contributed by atoms with Crippen molar-refractivity contribution in [2.45, 2.75) is 13.3 Å². The van der Waals surface area contributed by atoms with Crippen LogP contribution >= 0.6 is 0 Å². The number of hydrogen-bond acceptors (Lipinski definition) is 4. The van der Waals surface area contributed by atoms with Gasteiger partial charge in [0.1, 0.15) is 5.75 Å². The summed E-state index contributed by atoms with van der Waals surface area (Å²) in [5, 5.41) is 6.75. The molecule has 1 aliphatic rings. The Balaban J connectivity index is 1.49. The Bertz CT molecular complexity index is 632. The fourth-order valence-electron chi connectivity index (χ4n) is 2.73. The number of nitrogens with zero attached hydrogens (tertiary/aromatic N) is 3. The molecule has 4 heteroatoms. The van der Waals surface area contributed by atoms with Crippen LogP contribution in [-0.2, 0) is 0 Å². The highest BCUT2D eigenvalue weighted by Gasteiger charge is 2.15. The average molecular weight is 323 g/mol. The zero-order valence-corrected chi connectivity index (χ0v) is 14.3. The van der Waals surface area contributed by atoms with Crippen molar-refractivity contribution in [3.63, 3.8) is 0 Å². The monoisotopic (exact) mass is 323 g/mol. The number of benzene rings is 2. The second-order valence-electron chi connectivity index (χ2n) is 5.94. The number of ether oxygens (including phenoxy) is 1. The molecule has 1 saturated heterocycles. The van der Waals surface area contributed by atoms with E-state index in [4.69, 9.17) is 4.74 Å². The highest BCUT2D eigenvalue weighted by atomic mass is 16.5. The van der Waals surface area contributed by atoms with E-state index >= 15 is 0 Å². The Morgan fingerprint density at radius 3 is 2.33 bits per heavy atom. The van der Waals surface area contributed by atoms with Crippen molar-refractivity contribution < 1.29 is 4.74 Å². The van der Waals surface area contributed by atoms with Gasteiger partial charge in [0.05, 0.1) is 25.9 Å². The van der Waals surface area contributed by atoms with Crippen LogP contribution in [0, 0.1) is 0 Å². The summed E-state index contributed by atoms with van der Waals surface area (Å²) < 4.78 is 5.60. The minimum atomic E-state index is 0.763. The van der Waals surface area contributed by atoms with Crippen LogP contribution in [0.15, 0.2) is 59.7 Å². The molecule has 0 saturated carbocycles. The van der Waals surface area contributed by atoms with Crippen LogP contribution in [-0.4, -0.2) is 44.0 Å². The molecule has 2 aromatic rings. The molecule has 0 N–H and O–H groups in total. The predicted octanol–water partition coefficient (Wildman–Crippen LogP) is 3.63. The second kappa shape index (κ2) is 8.39. The van der Waals surface area contributed by atoms with Crippen molar-refractivity contribution in [1.82, 2.24) is 5.01 Å². The smallest absolute Gasteiger partial charge is 0.119 e. The van der Waals surface area contributed by atoms with E-state index in [1.54, 1.807) is 0 Å². The highest BCUT2D eigenvalue weighted by Crippen LogP contribution is 2.16. The maximum atomic E-state index is 5.60. The first kappa shape index (κ1) is 16.4. The Labute approximate surface area is 144 Å². The van der Waals surface area contributed by atoms with Gasteiger partial charge in [0.15, 0.2) is 0 Å². The van der Waals surface area contributed by atoms with Gasteiger partial charge in [-0.25, -0.2) is 0 Å². The molecule has 0 aliphatic carbocycles. The Hall–Kier alpha value is -2.49. The molecule has 1 fully saturated rings. The van der Waals surface area contributed by atoms with Crippen molar-refractivity contribution in [1.29, 1.82) is 0 Å². The number of anilines is 1. The SMILES string of the molecule is CCCOc1ccc(/C=N/N2CCN(c3ccccc3)CC2)cc1. The topological polar surface area (TPSA) is 28.1 Å². The van der Waals surface area contributed by atoms with Crippen LogP contribution in [0.1, 0.15) is 18.9 Å². The molecule has 0 radical (unpaired) electrons. The summed E-state index contributed by atoms with van der Waals surface area (Å²) in [5.74, 6) is 0.922. The lowest BCUT2D eigenvalue weighted by Crippen LogP contribution is -2.44. The minimum absolute atomic E-state index is 0.763. The zero-order valence-electron chi connectivity index (χ0n) is 14.3. The summed E-state index contributed by atoms with van der Waals surface area (Å²) in [6.45, 7) is 6.78. The second-order valence-corrected chi connectivity index (χ2v) is 5.94. The van der Waals surface area contributed by atoms with Crippen LogP contribution < -0.4 is 9.64 Å². The molecule has 4 nitrogen and oxygen atoms in total. The lowest BCUT2D eigenvalue weighted by molar-refractivity contribution is 0.272. The van der Waals surface area contributed by atoms with Crippen LogP contribution in [0.5, 0.6) is 5.75 Å². The van der Waals surface area contributed by atoms with Gasteiger partial charge in [-0.1, -0.05) is 25.1 Å². The van der Waals surface area contributed by atoms with Crippen LogP contribution in [0.3, 0.4) is 0 Å². The largest absolute Gasteiger partial charge is 0.494 e. The van der Waals surface area contributed by atoms with E-state index in [9.17, 15) is 0 Å². The zero-order chi connectivity index (χ0) is 16.6. The molecule has 0 amide bonds. The lowest BCUT2D eigenvalue weighted by Gasteiger charge is -2.34. The fourth-order valence-corrected chi connectivity index (χ4v) is 2.73. The third-order valence-corrected chi connectivity index (χ3v) is 4.10. The van der Waals surface area contributed by atoms with Gasteiger partial charge in [0.25, 0.3) is 0 Å². The lowest BCUT2D eigenvalue weighted by atomic mass is 10.2. The molecule has 0 spiro atoms. The van der Waals surface area contributed by atoms with Gasteiger partial charge in [0, 0.05) is 18.8 Å². The van der Waals surface area contributed by atoms with Crippen LogP contribution in [0.4, 0.5) is 5.69 Å². The summed E-state index contributed by atoms with van der Waals surface area (Å²) in [5.41, 5.74) is 2.40. The molecule has 0 unspecified atom stereocenters. The Morgan fingerprint density at radius 1 is 0.958 bits per heavy atom. The van der Waals surface area contributed by atoms with E-state index in [0.717, 1.165) is 50.5 Å². The molecule has 0 bridgehead atoms. The summed E-state index contributed by atoms with van der Waals surface area (Å²) in [4.78, 5) is 2.41. The van der Waals surface area contributed by atoms with Crippen molar-refractivity contribution in [2.75, 3.05) is 37.7 Å². The minimum Gasteiger partial charge on any atom is -0.494 e. The van der Waals surface area contributed by atoms with Gasteiger partial charge in [-0.3, -0.25) is 5.01 Å². The number of rotatable bonds is 6. The summed E-state index contributed by atoms with van der Waals surface area (Å²) in [6, 6.07) is 18.7. The number of para-hydroxylation sites is 1. The van der Waals surface area contributed by atoms with Gasteiger partial charge < -0.3 is 9.64 Å². The molecule has 2 aromatic carbocycles. The molecule has 1 heterocycles. The van der Waals surface area contributed by atoms with Gasteiger partial charge in [-0.15, -0.1) is 0 Å². The van der Waals surface area contributed by atoms with E-state index in [2.05, 4.69) is 64.4 Å². The van der Waals surface area contributed by atoms with E-state index in [1.165, 1.54) is 5.69 Å². The summed E-state index contributed by atoms with van der Waals surface area (Å²) >= 11 is 0. The molecule has 3 rings (SSSR count). The van der Waals surface area contributed by atoms with Crippen molar-refractivity contribution in [2.24, 2.45) is 5.10 Å². The number of piperazine rings is 1. The quantitative estimate of drug-likeness (QED) is 0.760. The first-order valence-corrected chi connectivity index (χ1v) is 8.67. The highest BCUT2D eigenvalue weighted by molar-refractivity contribution is 5.79. The third kappa shape index (κ3) is 4.51. The van der Waals surface area contributed by atoms with Crippen molar-refractivity contribution >= 4 is 11.9 Å². The molecule has 0 atom stereocenters. The van der Waals surface area contributed by atoms with Gasteiger partial charge >= 0.3 is 0 Å². The molecular formula is C20H25N3O. The van der Waals surface area contributed by atoms with Crippen LogP contribution in [0.2, 0.25) is 0 Å². The Kier molecular flexibility index (Phi) is 5.72. The normalized spacial score (nSPS) is 15.0. The molecule has 24 heavy (non-hydrogen) atoms. The number of hydrogen-bond donors (Lipinski definition) is 0. The van der Waals surface area contributed by atoms with E-state index in [-0.39, 0.29) is 0 Å². The van der Waals surface area contributed by atoms with E-state index < -0.39 is 0 Å². The number of hydrazone groups is 1. The van der Waals surface area contributed by atoms with Crippen molar-refractivity contribution in [3.8, 4) is 5.75 Å². The summed E-state index contributed by atoms with van der Waals surface area (Å²) in [6.07, 6.45) is 2.96. The van der Waals surface area contributed by atoms with Crippen molar-refractivity contribution in [3.05, 3.63) is 60.2 Å². The molecular weight excluding hydrogens is 298 g/mol. The van der Waals surface area contributed by atoms with E-state index in [1.807, 2.05) is 18.3 Å². The van der Waals surface area contributed by atoms with Gasteiger partial charge in [-0.2, -0.15) is 5.10 Å². The Morgan fingerprint density at radius 2 is 1.67 bits per heavy atom. The maximum Gasteiger partial charge on any atom is 0.119 e. The molecule has 1 aliphatic heterocycles. The van der Waals surface area contributed by atoms with Crippen LogP contribution in [0.25, 0.3) is 0 Å². The predicted molar refractivity (Wildman–Crippen MR) is 100 cm³/mol. The van der Waals surface area contributed by atoms with Gasteiger partial charge in [-0.05, 0) is 48.4 Å². The maximum absolute atomic E-state index is 5.60. The van der Waals surface area contributed by atoms with E-state index in [0.29, 0.717) is 0 Å². The first-order chi connectivity index (χ1) is 11.8. The molecule has 126 valence electrons. The molecule has 0 aromatic heterocycles. The first-order valence-electron chi connectivity index (χ1n) is 8.67. The fraction of sp³-hybridized carbons (Fsp3) is 0.350.